The van der Waals surface area contributed by atoms with Crippen LogP contribution in [0.4, 0.5) is 14.5 Å². The number of ether oxygens (including phenoxy) is 1. The van der Waals surface area contributed by atoms with Gasteiger partial charge in [0.2, 0.25) is 0 Å². The zero-order valence-electron chi connectivity index (χ0n) is 21.7. The molecule has 41 heavy (non-hydrogen) atoms. The second-order valence-electron chi connectivity index (χ2n) is 9.45. The summed E-state index contributed by atoms with van der Waals surface area (Å²) in [7, 11) is -4.33. The number of fused-ring (bicyclic) bond motifs is 1. The van der Waals surface area contributed by atoms with E-state index in [9.17, 15) is 17.2 Å². The molecule has 0 atom stereocenters. The van der Waals surface area contributed by atoms with Crippen molar-refractivity contribution in [3.63, 3.8) is 0 Å². The lowest BCUT2D eigenvalue weighted by Crippen LogP contribution is -2.37. The van der Waals surface area contributed by atoms with Crippen molar-refractivity contribution in [1.82, 2.24) is 39.5 Å². The van der Waals surface area contributed by atoms with Crippen molar-refractivity contribution in [3.05, 3.63) is 72.8 Å². The maximum atomic E-state index is 14.1. The smallest absolute Gasteiger partial charge is 0.264 e. The molecular weight excluding hydrogens is 556 g/mol. The van der Waals surface area contributed by atoms with E-state index in [2.05, 4.69) is 35.0 Å². The number of aromatic nitrogens is 7. The minimum absolute atomic E-state index is 0.0824. The van der Waals surface area contributed by atoms with Crippen LogP contribution in [0.15, 0.2) is 66.1 Å². The maximum absolute atomic E-state index is 14.1. The maximum Gasteiger partial charge on any atom is 0.264 e. The lowest BCUT2D eigenvalue weighted by molar-refractivity contribution is 0.0368. The van der Waals surface area contributed by atoms with Crippen molar-refractivity contribution in [2.24, 2.45) is 0 Å². The number of aryl methyl sites for hydroxylation is 1. The van der Waals surface area contributed by atoms with Crippen molar-refractivity contribution in [2.45, 2.75) is 17.9 Å². The lowest BCUT2D eigenvalue weighted by atomic mass is 10.2. The van der Waals surface area contributed by atoms with Crippen LogP contribution in [0.5, 0.6) is 0 Å². The SMILES string of the molecule is O=S(=O)(Nc1cncc(-c2ccc3ncc(-c4cn(CCCN5CCOCC5)nn4)n3n2)c1)c1ccc(F)cc1F. The van der Waals surface area contributed by atoms with Gasteiger partial charge in [-0.1, -0.05) is 5.21 Å². The zero-order chi connectivity index (χ0) is 28.4. The molecule has 15 heteroatoms. The highest BCUT2D eigenvalue weighted by atomic mass is 32.2. The molecule has 0 amide bonds. The Morgan fingerprint density at radius 3 is 2.66 bits per heavy atom. The Hall–Kier alpha value is -4.34. The third-order valence-electron chi connectivity index (χ3n) is 6.60. The number of nitrogens with zero attached hydrogens (tertiary/aromatic N) is 8. The molecule has 0 radical (unpaired) electrons. The number of anilines is 1. The minimum atomic E-state index is -4.33. The zero-order valence-corrected chi connectivity index (χ0v) is 22.5. The Kier molecular flexibility index (Phi) is 7.38. The molecule has 5 aromatic rings. The molecule has 1 aliphatic rings. The highest BCUT2D eigenvalue weighted by Crippen LogP contribution is 2.25. The lowest BCUT2D eigenvalue weighted by Gasteiger charge is -2.26. The van der Waals surface area contributed by atoms with E-state index in [0.717, 1.165) is 57.9 Å². The Morgan fingerprint density at radius 2 is 1.83 bits per heavy atom. The van der Waals surface area contributed by atoms with Crippen LogP contribution < -0.4 is 4.72 Å². The predicted molar refractivity (Wildman–Crippen MR) is 144 cm³/mol. The van der Waals surface area contributed by atoms with Gasteiger partial charge in [0.25, 0.3) is 10.0 Å². The number of hydrogen-bond donors (Lipinski definition) is 1. The molecule has 0 spiro atoms. The first-order chi connectivity index (χ1) is 19.9. The highest BCUT2D eigenvalue weighted by molar-refractivity contribution is 7.92. The molecule has 1 fully saturated rings. The van der Waals surface area contributed by atoms with Crippen molar-refractivity contribution in [3.8, 4) is 22.6 Å². The third kappa shape index (κ3) is 5.91. The van der Waals surface area contributed by atoms with Crippen LogP contribution in [0.2, 0.25) is 0 Å². The highest BCUT2D eigenvalue weighted by Gasteiger charge is 2.20. The van der Waals surface area contributed by atoms with Crippen LogP contribution in [0.3, 0.4) is 0 Å². The predicted octanol–water partition coefficient (Wildman–Crippen LogP) is 2.85. The summed E-state index contributed by atoms with van der Waals surface area (Å²) < 4.78 is 63.9. The number of hydrogen-bond acceptors (Lipinski definition) is 9. The van der Waals surface area contributed by atoms with Crippen LogP contribution >= 0.6 is 0 Å². The normalized spacial score (nSPS) is 14.5. The topological polar surface area (TPSA) is 132 Å². The number of pyridine rings is 1. The first-order valence-electron chi connectivity index (χ1n) is 12.8. The Balaban J connectivity index is 1.20. The van der Waals surface area contributed by atoms with Crippen molar-refractivity contribution in [1.29, 1.82) is 0 Å². The quantitative estimate of drug-likeness (QED) is 0.279. The summed E-state index contributed by atoms with van der Waals surface area (Å²) in [6, 6.07) is 7.25. The first-order valence-corrected chi connectivity index (χ1v) is 14.3. The van der Waals surface area contributed by atoms with Crippen LogP contribution in [-0.2, 0) is 21.3 Å². The molecule has 6 rings (SSSR count). The molecule has 0 aliphatic carbocycles. The average molecular weight is 582 g/mol. The molecule has 212 valence electrons. The number of benzene rings is 1. The van der Waals surface area contributed by atoms with Gasteiger partial charge >= 0.3 is 0 Å². The van der Waals surface area contributed by atoms with Crippen molar-refractivity contribution >= 4 is 21.4 Å². The summed E-state index contributed by atoms with van der Waals surface area (Å²) >= 11 is 0. The second kappa shape index (κ2) is 11.3. The Labute approximate surface area is 233 Å². The Bertz CT molecular complexity index is 1800. The third-order valence-corrected chi connectivity index (χ3v) is 8.01. The molecule has 0 unspecified atom stereocenters. The number of halogens is 2. The monoisotopic (exact) mass is 581 g/mol. The van der Waals surface area contributed by atoms with Crippen LogP contribution in [-0.4, -0.2) is 80.7 Å². The van der Waals surface area contributed by atoms with Gasteiger partial charge in [-0.3, -0.25) is 19.3 Å². The van der Waals surface area contributed by atoms with Crippen LogP contribution in [0.25, 0.3) is 28.3 Å². The second-order valence-corrected chi connectivity index (χ2v) is 11.1. The minimum Gasteiger partial charge on any atom is -0.379 e. The fourth-order valence-corrected chi connectivity index (χ4v) is 5.64. The van der Waals surface area contributed by atoms with Gasteiger partial charge in [0.15, 0.2) is 5.65 Å². The van der Waals surface area contributed by atoms with Gasteiger partial charge < -0.3 is 4.74 Å². The van der Waals surface area contributed by atoms with Gasteiger partial charge in [-0.2, -0.15) is 5.10 Å². The summed E-state index contributed by atoms with van der Waals surface area (Å²) in [4.78, 5) is 10.2. The number of nitrogens with one attached hydrogen (secondary N) is 1. The fraction of sp³-hybridized carbons (Fsp3) is 0.269. The van der Waals surface area contributed by atoms with Gasteiger partial charge in [0, 0.05) is 44.0 Å². The molecule has 1 saturated heterocycles. The molecule has 1 aliphatic heterocycles. The molecule has 0 bridgehead atoms. The van der Waals surface area contributed by atoms with E-state index >= 15 is 0 Å². The Morgan fingerprint density at radius 1 is 0.976 bits per heavy atom. The standard InChI is InChI=1S/C26H25F2N9O3S/c27-19-2-4-25(21(28)13-19)41(38,39)33-20-12-18(14-29-15-20)22-3-5-26-30-16-24(37(26)32-22)23-17-36(34-31-23)7-1-6-35-8-10-40-11-9-35/h2-5,12-17,33H,1,6-11H2. The van der Waals surface area contributed by atoms with Gasteiger partial charge in [0.1, 0.15) is 27.9 Å². The first kappa shape index (κ1) is 26.9. The summed E-state index contributed by atoms with van der Waals surface area (Å²) in [5.74, 6) is -2.08. The molecule has 12 nitrogen and oxygen atoms in total. The number of sulfonamides is 1. The van der Waals surface area contributed by atoms with Gasteiger partial charge in [-0.05, 0) is 36.8 Å². The van der Waals surface area contributed by atoms with E-state index < -0.39 is 26.6 Å². The molecular formula is C26H25F2N9O3S. The average Bonchev–Trinajstić information content (AvgIpc) is 3.60. The summed E-state index contributed by atoms with van der Waals surface area (Å²) in [6.07, 6.45) is 7.24. The van der Waals surface area contributed by atoms with Crippen LogP contribution in [0, 0.1) is 11.6 Å². The van der Waals surface area contributed by atoms with E-state index in [-0.39, 0.29) is 5.69 Å². The summed E-state index contributed by atoms with van der Waals surface area (Å²) in [6.45, 7) is 5.09. The largest absolute Gasteiger partial charge is 0.379 e. The van der Waals surface area contributed by atoms with Gasteiger partial charge in [-0.15, -0.1) is 5.10 Å². The fourth-order valence-electron chi connectivity index (χ4n) is 4.55. The molecule has 5 heterocycles. The van der Waals surface area contributed by atoms with E-state index in [1.807, 2.05) is 6.20 Å². The molecule has 1 N–H and O–H groups in total. The number of imidazole rings is 1. The van der Waals surface area contributed by atoms with Gasteiger partial charge in [0.05, 0.1) is 43.2 Å². The number of rotatable bonds is 9. The molecule has 1 aromatic carbocycles. The number of morpholine rings is 1. The van der Waals surface area contributed by atoms with E-state index in [4.69, 9.17) is 4.74 Å². The van der Waals surface area contributed by atoms with Crippen molar-refractivity contribution < 1.29 is 21.9 Å². The van der Waals surface area contributed by atoms with Crippen LogP contribution in [0.1, 0.15) is 6.42 Å². The van der Waals surface area contributed by atoms with Gasteiger partial charge in [-0.25, -0.2) is 26.7 Å². The van der Waals surface area contributed by atoms with Crippen molar-refractivity contribution in [2.75, 3.05) is 37.6 Å². The van der Waals surface area contributed by atoms with E-state index in [1.54, 1.807) is 27.5 Å². The molecule has 0 saturated carbocycles. The molecule has 4 aromatic heterocycles. The van der Waals surface area contributed by atoms with E-state index in [1.165, 1.54) is 18.5 Å². The summed E-state index contributed by atoms with van der Waals surface area (Å²) in [5, 5.41) is 13.2. The van der Waals surface area contributed by atoms with E-state index in [0.29, 0.717) is 34.4 Å². The summed E-state index contributed by atoms with van der Waals surface area (Å²) in [5.41, 5.74) is 2.89.